The molecule has 0 aliphatic rings. The lowest BCUT2D eigenvalue weighted by Gasteiger charge is -2.05. The van der Waals surface area contributed by atoms with Crippen molar-refractivity contribution in [2.75, 3.05) is 5.32 Å². The molecule has 5 heteroatoms. The molecule has 4 aromatic rings. The number of thiazole rings is 1. The zero-order valence-electron chi connectivity index (χ0n) is 12.6. The summed E-state index contributed by atoms with van der Waals surface area (Å²) in [5.41, 5.74) is 2.93. The Morgan fingerprint density at radius 1 is 1.13 bits per heavy atom. The molecule has 2 N–H and O–H groups in total. The Hall–Kier alpha value is -2.66. The summed E-state index contributed by atoms with van der Waals surface area (Å²) in [6.45, 7) is 2.61. The maximum absolute atomic E-state index is 10.4. The van der Waals surface area contributed by atoms with E-state index >= 15 is 0 Å². The van der Waals surface area contributed by atoms with Gasteiger partial charge in [-0.1, -0.05) is 41.7 Å². The van der Waals surface area contributed by atoms with E-state index in [1.165, 1.54) is 0 Å². The van der Waals surface area contributed by atoms with Crippen LogP contribution in [-0.4, -0.2) is 15.1 Å². The highest BCUT2D eigenvalue weighted by Crippen LogP contribution is 2.40. The van der Waals surface area contributed by atoms with E-state index in [1.807, 2.05) is 49.5 Å². The first kappa shape index (κ1) is 14.0. The number of phenolic OH excluding ortho intramolecular Hbond substituents is 1. The van der Waals surface area contributed by atoms with Crippen LogP contribution in [0.3, 0.4) is 0 Å². The van der Waals surface area contributed by atoms with E-state index in [0.717, 1.165) is 37.2 Å². The number of rotatable bonds is 3. The van der Waals surface area contributed by atoms with E-state index in [-0.39, 0.29) is 0 Å². The van der Waals surface area contributed by atoms with Gasteiger partial charge in [0, 0.05) is 35.3 Å². The van der Waals surface area contributed by atoms with Gasteiger partial charge in [0.05, 0.1) is 10.2 Å². The van der Waals surface area contributed by atoms with Gasteiger partial charge in [-0.25, -0.2) is 4.98 Å². The monoisotopic (exact) mass is 321 g/mol. The molecule has 0 amide bonds. The predicted octanol–water partition coefficient (Wildman–Crippen LogP) is 4.47. The van der Waals surface area contributed by atoms with Crippen molar-refractivity contribution in [3.05, 3.63) is 59.9 Å². The summed E-state index contributed by atoms with van der Waals surface area (Å²) in [4.78, 5) is 8.85. The number of hydrogen-bond donors (Lipinski definition) is 2. The molecule has 2 aromatic heterocycles. The third-order valence-corrected chi connectivity index (χ3v) is 5.06. The first-order valence-electron chi connectivity index (χ1n) is 7.37. The van der Waals surface area contributed by atoms with E-state index in [2.05, 4.69) is 10.3 Å². The fourth-order valence-electron chi connectivity index (χ4n) is 2.72. The summed E-state index contributed by atoms with van der Waals surface area (Å²) in [6.07, 6.45) is 3.60. The molecule has 2 aromatic carbocycles. The molecular weight excluding hydrogens is 306 g/mol. The van der Waals surface area contributed by atoms with Gasteiger partial charge in [-0.15, -0.1) is 0 Å². The zero-order valence-corrected chi connectivity index (χ0v) is 13.4. The van der Waals surface area contributed by atoms with Gasteiger partial charge in [0.1, 0.15) is 5.75 Å². The molecule has 0 radical (unpaired) electrons. The van der Waals surface area contributed by atoms with Crippen molar-refractivity contribution >= 4 is 37.5 Å². The van der Waals surface area contributed by atoms with Crippen LogP contribution < -0.4 is 5.32 Å². The van der Waals surface area contributed by atoms with E-state index in [1.54, 1.807) is 17.5 Å². The van der Waals surface area contributed by atoms with Crippen LogP contribution in [0.15, 0.2) is 48.8 Å². The quantitative estimate of drug-likeness (QED) is 0.584. The highest BCUT2D eigenvalue weighted by molar-refractivity contribution is 7.22. The van der Waals surface area contributed by atoms with Crippen molar-refractivity contribution in [3.8, 4) is 5.75 Å². The second kappa shape index (κ2) is 5.52. The van der Waals surface area contributed by atoms with E-state index in [0.29, 0.717) is 12.3 Å². The minimum absolute atomic E-state index is 0.343. The van der Waals surface area contributed by atoms with Gasteiger partial charge < -0.3 is 10.4 Å². The number of anilines is 1. The summed E-state index contributed by atoms with van der Waals surface area (Å²) in [5, 5.41) is 16.5. The fourth-order valence-corrected chi connectivity index (χ4v) is 3.70. The van der Waals surface area contributed by atoms with Crippen LogP contribution in [0.1, 0.15) is 11.1 Å². The number of nitrogens with zero attached hydrogens (tertiary/aromatic N) is 2. The Kier molecular flexibility index (Phi) is 3.35. The lowest BCUT2D eigenvalue weighted by molar-refractivity contribution is 0.478. The molecule has 23 heavy (non-hydrogen) atoms. The van der Waals surface area contributed by atoms with Crippen LogP contribution in [-0.2, 0) is 6.54 Å². The van der Waals surface area contributed by atoms with Crippen LogP contribution >= 0.6 is 11.3 Å². The van der Waals surface area contributed by atoms with Gasteiger partial charge in [0.15, 0.2) is 5.13 Å². The van der Waals surface area contributed by atoms with Gasteiger partial charge in [-0.2, -0.15) is 0 Å². The molecule has 0 spiro atoms. The van der Waals surface area contributed by atoms with Gasteiger partial charge in [-0.05, 0) is 18.6 Å². The summed E-state index contributed by atoms with van der Waals surface area (Å²) >= 11 is 1.57. The van der Waals surface area contributed by atoms with Crippen LogP contribution in [0.2, 0.25) is 0 Å². The van der Waals surface area contributed by atoms with Crippen molar-refractivity contribution in [1.29, 1.82) is 0 Å². The van der Waals surface area contributed by atoms with Crippen LogP contribution in [0, 0.1) is 6.92 Å². The number of phenols is 1. The average molecular weight is 321 g/mol. The number of nitrogens with one attached hydrogen (secondary N) is 1. The van der Waals surface area contributed by atoms with Crippen LogP contribution in [0.5, 0.6) is 5.75 Å². The second-order valence-corrected chi connectivity index (χ2v) is 6.43. The zero-order chi connectivity index (χ0) is 15.8. The van der Waals surface area contributed by atoms with Crippen LogP contribution in [0.25, 0.3) is 21.0 Å². The maximum Gasteiger partial charge on any atom is 0.184 e. The molecule has 0 aliphatic carbocycles. The molecule has 4 nitrogen and oxygen atoms in total. The highest BCUT2D eigenvalue weighted by Gasteiger charge is 2.14. The lowest BCUT2D eigenvalue weighted by atomic mass is 10.0. The predicted molar refractivity (Wildman–Crippen MR) is 95.1 cm³/mol. The average Bonchev–Trinajstić information content (AvgIpc) is 3.03. The SMILES string of the molecule is Cc1c(O)c2ccccc2c2nc(NCc3cccnc3)sc12. The Morgan fingerprint density at radius 3 is 2.74 bits per heavy atom. The summed E-state index contributed by atoms with van der Waals surface area (Å²) in [6, 6.07) is 11.8. The number of aromatic hydroxyl groups is 1. The number of hydrogen-bond acceptors (Lipinski definition) is 5. The minimum Gasteiger partial charge on any atom is -0.507 e. The Bertz CT molecular complexity index is 995. The van der Waals surface area contributed by atoms with Crippen molar-refractivity contribution < 1.29 is 5.11 Å². The molecule has 0 bridgehead atoms. The molecule has 0 aliphatic heterocycles. The Balaban J connectivity index is 1.78. The van der Waals surface area contributed by atoms with Crippen molar-refractivity contribution in [2.45, 2.75) is 13.5 Å². The summed E-state index contributed by atoms with van der Waals surface area (Å²) in [7, 11) is 0. The number of pyridine rings is 1. The van der Waals surface area contributed by atoms with Crippen molar-refractivity contribution in [1.82, 2.24) is 9.97 Å². The smallest absolute Gasteiger partial charge is 0.184 e. The molecule has 114 valence electrons. The van der Waals surface area contributed by atoms with Crippen molar-refractivity contribution in [2.24, 2.45) is 0 Å². The first-order valence-corrected chi connectivity index (χ1v) is 8.19. The molecule has 0 atom stereocenters. The molecule has 0 fully saturated rings. The summed E-state index contributed by atoms with van der Waals surface area (Å²) in [5.74, 6) is 0.343. The van der Waals surface area contributed by atoms with E-state index in [4.69, 9.17) is 4.98 Å². The van der Waals surface area contributed by atoms with Crippen molar-refractivity contribution in [3.63, 3.8) is 0 Å². The number of aromatic nitrogens is 2. The molecular formula is C18H15N3OS. The molecule has 0 unspecified atom stereocenters. The topological polar surface area (TPSA) is 58.0 Å². The van der Waals surface area contributed by atoms with Gasteiger partial charge in [0.2, 0.25) is 0 Å². The largest absolute Gasteiger partial charge is 0.507 e. The molecule has 0 saturated carbocycles. The summed E-state index contributed by atoms with van der Waals surface area (Å²) < 4.78 is 1.02. The molecule has 4 rings (SSSR count). The maximum atomic E-state index is 10.4. The molecule has 2 heterocycles. The van der Waals surface area contributed by atoms with Gasteiger partial charge in [-0.3, -0.25) is 4.98 Å². The third-order valence-electron chi connectivity index (χ3n) is 3.93. The lowest BCUT2D eigenvalue weighted by Crippen LogP contribution is -1.98. The highest BCUT2D eigenvalue weighted by atomic mass is 32.1. The Labute approximate surface area is 137 Å². The normalized spacial score (nSPS) is 11.2. The number of aryl methyl sites for hydroxylation is 1. The number of fused-ring (bicyclic) bond motifs is 3. The third kappa shape index (κ3) is 2.39. The Morgan fingerprint density at radius 2 is 1.96 bits per heavy atom. The first-order chi connectivity index (χ1) is 11.2. The van der Waals surface area contributed by atoms with E-state index < -0.39 is 0 Å². The second-order valence-electron chi connectivity index (χ2n) is 5.43. The van der Waals surface area contributed by atoms with Gasteiger partial charge in [0.25, 0.3) is 0 Å². The standard InChI is InChI=1S/C18H15N3OS/c1-11-16(22)14-7-3-2-6-13(14)15-17(11)23-18(21-15)20-10-12-5-4-8-19-9-12/h2-9,22H,10H2,1H3,(H,20,21). The number of benzene rings is 2. The minimum atomic E-state index is 0.343. The molecule has 0 saturated heterocycles. The van der Waals surface area contributed by atoms with Gasteiger partial charge >= 0.3 is 0 Å². The van der Waals surface area contributed by atoms with E-state index in [9.17, 15) is 5.11 Å². The van der Waals surface area contributed by atoms with Crippen LogP contribution in [0.4, 0.5) is 5.13 Å². The fraction of sp³-hybridized carbons (Fsp3) is 0.111.